The van der Waals surface area contributed by atoms with E-state index in [1.165, 1.54) is 0 Å². The molecule has 0 aliphatic heterocycles. The predicted molar refractivity (Wildman–Crippen MR) is 71.3 cm³/mol. The fourth-order valence-corrected chi connectivity index (χ4v) is 2.67. The first-order chi connectivity index (χ1) is 8.13. The highest BCUT2D eigenvalue weighted by Gasteiger charge is 2.11. The Morgan fingerprint density at radius 2 is 2.24 bits per heavy atom. The van der Waals surface area contributed by atoms with E-state index >= 15 is 0 Å². The molecule has 1 aromatic heterocycles. The third kappa shape index (κ3) is 2.36. The van der Waals surface area contributed by atoms with Crippen molar-refractivity contribution in [3.63, 3.8) is 0 Å². The van der Waals surface area contributed by atoms with Gasteiger partial charge in [0.15, 0.2) is 0 Å². The number of carboxylic acids is 1. The van der Waals surface area contributed by atoms with Gasteiger partial charge in [-0.2, -0.15) is 0 Å². The van der Waals surface area contributed by atoms with Gasteiger partial charge in [-0.05, 0) is 40.9 Å². The van der Waals surface area contributed by atoms with Crippen LogP contribution in [0.4, 0.5) is 0 Å². The molecule has 1 N–H and O–H groups in total. The van der Waals surface area contributed by atoms with Gasteiger partial charge >= 0.3 is 5.97 Å². The van der Waals surface area contributed by atoms with Gasteiger partial charge in [0.1, 0.15) is 0 Å². The van der Waals surface area contributed by atoms with Crippen molar-refractivity contribution in [2.24, 2.45) is 0 Å². The van der Waals surface area contributed by atoms with Crippen molar-refractivity contribution in [2.45, 2.75) is 26.3 Å². The number of nitrogens with zero attached hydrogens (tertiary/aromatic N) is 1. The first kappa shape index (κ1) is 12.2. The van der Waals surface area contributed by atoms with Crippen molar-refractivity contribution in [1.82, 2.24) is 4.57 Å². The zero-order valence-electron chi connectivity index (χ0n) is 9.61. The van der Waals surface area contributed by atoms with Crippen molar-refractivity contribution in [3.8, 4) is 0 Å². The van der Waals surface area contributed by atoms with Crippen LogP contribution in [0.3, 0.4) is 0 Å². The molecule has 1 heterocycles. The summed E-state index contributed by atoms with van der Waals surface area (Å²) in [5, 5.41) is 9.89. The molecule has 4 heteroatoms. The quantitative estimate of drug-likeness (QED) is 0.939. The molecule has 2 rings (SSSR count). The zero-order chi connectivity index (χ0) is 12.4. The maximum Gasteiger partial charge on any atom is 0.303 e. The molecular formula is C13H14BrNO2. The van der Waals surface area contributed by atoms with Crippen molar-refractivity contribution >= 4 is 32.8 Å². The highest BCUT2D eigenvalue weighted by molar-refractivity contribution is 9.10. The lowest BCUT2D eigenvalue weighted by Crippen LogP contribution is -1.97. The summed E-state index contributed by atoms with van der Waals surface area (Å²) in [7, 11) is 0. The molecular weight excluding hydrogens is 282 g/mol. The lowest BCUT2D eigenvalue weighted by molar-refractivity contribution is -0.136. The number of aliphatic carboxylic acids is 1. The molecule has 0 fully saturated rings. The minimum absolute atomic E-state index is 0.176. The lowest BCUT2D eigenvalue weighted by Gasteiger charge is -2.01. The second-order valence-electron chi connectivity index (χ2n) is 3.97. The molecule has 0 spiro atoms. The smallest absolute Gasteiger partial charge is 0.303 e. The number of para-hydroxylation sites is 1. The summed E-state index contributed by atoms with van der Waals surface area (Å²) in [4.78, 5) is 10.6. The van der Waals surface area contributed by atoms with E-state index in [-0.39, 0.29) is 6.42 Å². The van der Waals surface area contributed by atoms with E-state index in [2.05, 4.69) is 33.6 Å². The Hall–Kier alpha value is -1.29. The molecule has 1 aromatic carbocycles. The summed E-state index contributed by atoms with van der Waals surface area (Å²) in [6.07, 6.45) is 2.81. The minimum atomic E-state index is -0.752. The monoisotopic (exact) mass is 295 g/mol. The molecule has 0 aliphatic carbocycles. The van der Waals surface area contributed by atoms with Crippen LogP contribution in [0.1, 0.15) is 18.9 Å². The van der Waals surface area contributed by atoms with Gasteiger partial charge in [0.05, 0.1) is 5.52 Å². The summed E-state index contributed by atoms with van der Waals surface area (Å²) in [6, 6.07) is 6.04. The summed E-state index contributed by atoms with van der Waals surface area (Å²) in [6.45, 7) is 2.96. The second kappa shape index (κ2) is 4.92. The van der Waals surface area contributed by atoms with Gasteiger partial charge in [-0.15, -0.1) is 0 Å². The number of carbonyl (C=O) groups is 1. The molecule has 3 nitrogen and oxygen atoms in total. The average molecular weight is 296 g/mol. The SMILES string of the molecule is CCn1cc(CCC(=O)O)c2cccc(Br)c21. The molecule has 0 bridgehead atoms. The fourth-order valence-electron chi connectivity index (χ4n) is 2.08. The van der Waals surface area contributed by atoms with E-state index in [0.29, 0.717) is 6.42 Å². The van der Waals surface area contributed by atoms with E-state index in [0.717, 1.165) is 27.5 Å². The minimum Gasteiger partial charge on any atom is -0.481 e. The molecule has 0 unspecified atom stereocenters. The summed E-state index contributed by atoms with van der Waals surface area (Å²) >= 11 is 3.54. The van der Waals surface area contributed by atoms with Gasteiger partial charge in [-0.3, -0.25) is 4.79 Å². The van der Waals surface area contributed by atoms with Crippen LogP contribution in [0, 0.1) is 0 Å². The molecule has 17 heavy (non-hydrogen) atoms. The third-order valence-corrected chi connectivity index (χ3v) is 3.52. The number of fused-ring (bicyclic) bond motifs is 1. The Labute approximate surface area is 108 Å². The van der Waals surface area contributed by atoms with Gasteiger partial charge in [0.25, 0.3) is 0 Å². The highest BCUT2D eigenvalue weighted by Crippen LogP contribution is 2.29. The van der Waals surface area contributed by atoms with Crippen molar-refractivity contribution < 1.29 is 9.90 Å². The number of benzene rings is 1. The van der Waals surface area contributed by atoms with E-state index < -0.39 is 5.97 Å². The Morgan fingerprint density at radius 3 is 2.88 bits per heavy atom. The molecule has 0 saturated carbocycles. The van der Waals surface area contributed by atoms with E-state index in [1.807, 2.05) is 18.2 Å². The van der Waals surface area contributed by atoms with Crippen LogP contribution in [0.15, 0.2) is 28.9 Å². The van der Waals surface area contributed by atoms with Crippen LogP contribution in [-0.2, 0) is 17.8 Å². The van der Waals surface area contributed by atoms with Crippen molar-refractivity contribution in [3.05, 3.63) is 34.4 Å². The number of halogens is 1. The van der Waals surface area contributed by atoms with Crippen LogP contribution in [0.5, 0.6) is 0 Å². The number of hydrogen-bond donors (Lipinski definition) is 1. The largest absolute Gasteiger partial charge is 0.481 e. The second-order valence-corrected chi connectivity index (χ2v) is 4.82. The van der Waals surface area contributed by atoms with Gasteiger partial charge in [0, 0.05) is 29.0 Å². The van der Waals surface area contributed by atoms with Crippen LogP contribution in [0.25, 0.3) is 10.9 Å². The number of rotatable bonds is 4. The standard InChI is InChI=1S/C13H14BrNO2/c1-2-15-8-9(6-7-12(16)17)10-4-3-5-11(14)13(10)15/h3-5,8H,2,6-7H2,1H3,(H,16,17). The Kier molecular flexibility index (Phi) is 3.52. The maximum absolute atomic E-state index is 10.6. The normalized spacial score (nSPS) is 10.9. The number of hydrogen-bond acceptors (Lipinski definition) is 1. The third-order valence-electron chi connectivity index (χ3n) is 2.88. The van der Waals surface area contributed by atoms with E-state index in [1.54, 1.807) is 0 Å². The first-order valence-corrected chi connectivity index (χ1v) is 6.40. The Morgan fingerprint density at radius 1 is 1.47 bits per heavy atom. The molecule has 0 atom stereocenters. The fraction of sp³-hybridized carbons (Fsp3) is 0.308. The van der Waals surface area contributed by atoms with Gasteiger partial charge in [-0.25, -0.2) is 0 Å². The van der Waals surface area contributed by atoms with E-state index in [4.69, 9.17) is 5.11 Å². The predicted octanol–water partition coefficient (Wildman–Crippen LogP) is 3.44. The van der Waals surface area contributed by atoms with Gasteiger partial charge in [-0.1, -0.05) is 12.1 Å². The van der Waals surface area contributed by atoms with Crippen molar-refractivity contribution in [1.29, 1.82) is 0 Å². The lowest BCUT2D eigenvalue weighted by atomic mass is 10.1. The number of aromatic nitrogens is 1. The molecule has 90 valence electrons. The van der Waals surface area contributed by atoms with E-state index in [9.17, 15) is 4.79 Å². The van der Waals surface area contributed by atoms with Crippen LogP contribution >= 0.6 is 15.9 Å². The molecule has 0 amide bonds. The van der Waals surface area contributed by atoms with Crippen molar-refractivity contribution in [2.75, 3.05) is 0 Å². The number of carboxylic acid groups (broad SMARTS) is 1. The molecule has 0 aliphatic rings. The van der Waals surface area contributed by atoms with Crippen LogP contribution in [-0.4, -0.2) is 15.6 Å². The summed E-state index contributed by atoms with van der Waals surface area (Å²) in [5.41, 5.74) is 2.25. The van der Waals surface area contributed by atoms with Crippen LogP contribution in [0.2, 0.25) is 0 Å². The van der Waals surface area contributed by atoms with Crippen LogP contribution < -0.4 is 0 Å². The number of aryl methyl sites for hydroxylation is 2. The molecule has 2 aromatic rings. The first-order valence-electron chi connectivity index (χ1n) is 5.61. The maximum atomic E-state index is 10.6. The average Bonchev–Trinajstić information content (AvgIpc) is 2.66. The van der Waals surface area contributed by atoms with Gasteiger partial charge in [0.2, 0.25) is 0 Å². The Balaban J connectivity index is 2.50. The molecule has 0 saturated heterocycles. The molecule has 0 radical (unpaired) electrons. The zero-order valence-corrected chi connectivity index (χ0v) is 11.2. The van der Waals surface area contributed by atoms with Gasteiger partial charge < -0.3 is 9.67 Å². The highest BCUT2D eigenvalue weighted by atomic mass is 79.9. The summed E-state index contributed by atoms with van der Waals surface area (Å²) < 4.78 is 3.20. The summed E-state index contributed by atoms with van der Waals surface area (Å²) in [5.74, 6) is -0.752. The Bertz CT molecular complexity index is 560. The topological polar surface area (TPSA) is 42.2 Å².